The minimum atomic E-state index is -3.99. The summed E-state index contributed by atoms with van der Waals surface area (Å²) in [6.07, 6.45) is 5.37. The second-order valence-corrected chi connectivity index (χ2v) is 19.3. The summed E-state index contributed by atoms with van der Waals surface area (Å²) in [7, 11) is -2.43. The van der Waals surface area contributed by atoms with E-state index in [-0.39, 0.29) is 31.2 Å². The van der Waals surface area contributed by atoms with Crippen LogP contribution in [0.4, 0.5) is 4.79 Å². The number of carbonyl (C=O) groups excluding carboxylic acids is 4. The number of amides is 4. The van der Waals surface area contributed by atoms with Crippen LogP contribution < -0.4 is 24.8 Å². The molecule has 0 radical (unpaired) electrons. The van der Waals surface area contributed by atoms with Crippen LogP contribution in [-0.2, 0) is 35.6 Å². The molecule has 7 rings (SSSR count). The number of sulfonamides is 1. The summed E-state index contributed by atoms with van der Waals surface area (Å²) in [4.78, 5) is 68.0. The van der Waals surface area contributed by atoms with Crippen LogP contribution in [0, 0.1) is 29.1 Å². The molecular formula is C41H52N6O9S. The van der Waals surface area contributed by atoms with Gasteiger partial charge in [0.05, 0.1) is 35.9 Å². The van der Waals surface area contributed by atoms with E-state index in [9.17, 15) is 27.6 Å². The molecule has 7 atom stereocenters. The maximum Gasteiger partial charge on any atom is 0.408 e. The molecule has 5 aliphatic rings. The maximum atomic E-state index is 14.8. The molecule has 3 N–H and O–H groups in total. The first-order chi connectivity index (χ1) is 27.0. The number of rotatable bonds is 7. The van der Waals surface area contributed by atoms with E-state index in [0.717, 1.165) is 32.1 Å². The lowest BCUT2D eigenvalue weighted by Crippen LogP contribution is -2.65. The lowest BCUT2D eigenvalue weighted by Gasteiger charge is -2.37. The van der Waals surface area contributed by atoms with Crippen molar-refractivity contribution in [3.63, 3.8) is 0 Å². The van der Waals surface area contributed by atoms with Crippen LogP contribution in [0.5, 0.6) is 11.6 Å². The molecule has 0 spiro atoms. The molecule has 3 fully saturated rings. The summed E-state index contributed by atoms with van der Waals surface area (Å²) in [6, 6.07) is 3.07. The highest BCUT2D eigenvalue weighted by atomic mass is 32.2. The number of aryl methyl sites for hydroxylation is 1. The van der Waals surface area contributed by atoms with Crippen LogP contribution in [0.15, 0.2) is 30.9 Å². The van der Waals surface area contributed by atoms with Crippen LogP contribution >= 0.6 is 0 Å². The minimum absolute atomic E-state index is 0.0203. The van der Waals surface area contributed by atoms with Crippen LogP contribution in [-0.4, -0.2) is 95.3 Å². The average Bonchev–Trinajstić information content (AvgIpc) is 4.02. The van der Waals surface area contributed by atoms with Gasteiger partial charge in [-0.05, 0) is 63.0 Å². The molecule has 4 amide bonds. The van der Waals surface area contributed by atoms with Gasteiger partial charge in [-0.3, -0.25) is 19.1 Å². The van der Waals surface area contributed by atoms with Gasteiger partial charge in [-0.2, -0.15) is 0 Å². The molecule has 1 saturated heterocycles. The van der Waals surface area contributed by atoms with Crippen molar-refractivity contribution < 1.29 is 41.8 Å². The van der Waals surface area contributed by atoms with Crippen molar-refractivity contribution >= 4 is 44.9 Å². The quantitative estimate of drug-likeness (QED) is 0.273. The Morgan fingerprint density at radius 2 is 1.89 bits per heavy atom. The van der Waals surface area contributed by atoms with Crippen molar-refractivity contribution in [3.8, 4) is 23.5 Å². The maximum absolute atomic E-state index is 14.8. The van der Waals surface area contributed by atoms with E-state index in [1.54, 1.807) is 33.9 Å². The minimum Gasteiger partial charge on any atom is -0.497 e. The smallest absolute Gasteiger partial charge is 0.408 e. The highest BCUT2D eigenvalue weighted by molar-refractivity contribution is 7.91. The number of carbonyl (C=O) groups is 4. The number of nitrogens with one attached hydrogen (secondary N) is 3. The number of benzene rings is 1. The van der Waals surface area contributed by atoms with Crippen LogP contribution in [0.3, 0.4) is 0 Å². The third kappa shape index (κ3) is 8.26. The lowest BCUT2D eigenvalue weighted by molar-refractivity contribution is -0.143. The zero-order valence-electron chi connectivity index (χ0n) is 33.2. The Kier molecular flexibility index (Phi) is 10.7. The van der Waals surface area contributed by atoms with E-state index >= 15 is 0 Å². The fraction of sp³-hybridized carbons (Fsp3) is 0.610. The number of alkyl carbamates (subject to hydrolysis) is 1. The molecule has 1 aromatic carbocycles. The van der Waals surface area contributed by atoms with E-state index in [1.165, 1.54) is 11.0 Å². The Hall–Kier alpha value is -4.91. The zero-order chi connectivity index (χ0) is 40.9. The normalized spacial score (nSPS) is 30.5. The predicted octanol–water partition coefficient (Wildman–Crippen LogP) is 3.70. The van der Waals surface area contributed by atoms with Crippen LogP contribution in [0.2, 0.25) is 0 Å². The summed E-state index contributed by atoms with van der Waals surface area (Å²) >= 11 is 0. The van der Waals surface area contributed by atoms with E-state index in [1.807, 2.05) is 19.1 Å². The van der Waals surface area contributed by atoms with E-state index in [0.29, 0.717) is 41.7 Å². The van der Waals surface area contributed by atoms with Gasteiger partial charge in [0.15, 0.2) is 0 Å². The van der Waals surface area contributed by atoms with Crippen LogP contribution in [0.1, 0.15) is 91.2 Å². The number of fused-ring (bicyclic) bond motifs is 5. The highest BCUT2D eigenvalue weighted by Crippen LogP contribution is 2.50. The van der Waals surface area contributed by atoms with Gasteiger partial charge in [0.1, 0.15) is 40.8 Å². The third-order valence-electron chi connectivity index (χ3n) is 11.9. The standard InChI is InChI=1S/C41H52N6O9S/c1-7-24-13-11-19-41(24,37(50)46-57(52,53)28-16-17-28)45-34(48)32-21-27-23-47(32)36(49)33(39(2,3)4)44-38(51)56-40(5)22-25(40)12-9-8-10-14-30-35(55-27)43-31-20-26(54-6)15-18-29(31)42-30/h7,15,18,20,24-25,27-28,32-33H,1,8-10,12,14,16-17,19,21-23H2,2-6H3,(H,44,51)(H,45,48)(H,46,50). The van der Waals surface area contributed by atoms with Gasteiger partial charge in [0.2, 0.25) is 27.7 Å². The van der Waals surface area contributed by atoms with Gasteiger partial charge < -0.3 is 29.7 Å². The number of aromatic nitrogens is 2. The molecule has 2 aromatic rings. The van der Waals surface area contributed by atoms with Gasteiger partial charge >= 0.3 is 6.09 Å². The van der Waals surface area contributed by atoms with Crippen molar-refractivity contribution in [1.82, 2.24) is 30.2 Å². The van der Waals surface area contributed by atoms with Gasteiger partial charge in [-0.25, -0.2) is 23.2 Å². The number of hydrogen-bond acceptors (Lipinski definition) is 11. The molecule has 2 aliphatic heterocycles. The van der Waals surface area contributed by atoms with E-state index in [4.69, 9.17) is 24.2 Å². The zero-order valence-corrected chi connectivity index (χ0v) is 34.0. The number of methoxy groups -OCH3 is 1. The summed E-state index contributed by atoms with van der Waals surface area (Å²) in [6.45, 7) is 11.0. The number of nitrogens with zero attached hydrogens (tertiary/aromatic N) is 3. The molecule has 306 valence electrons. The molecule has 16 heteroatoms. The summed E-state index contributed by atoms with van der Waals surface area (Å²) < 4.78 is 46.0. The van der Waals surface area contributed by atoms with Crippen molar-refractivity contribution in [2.75, 3.05) is 13.7 Å². The van der Waals surface area contributed by atoms with Crippen molar-refractivity contribution in [2.24, 2.45) is 17.3 Å². The molecule has 2 saturated carbocycles. The first kappa shape index (κ1) is 40.3. The Morgan fingerprint density at radius 1 is 1.12 bits per heavy atom. The van der Waals surface area contributed by atoms with Crippen molar-refractivity contribution in [1.29, 1.82) is 0 Å². The topological polar surface area (TPSA) is 195 Å². The largest absolute Gasteiger partial charge is 0.497 e. The summed E-state index contributed by atoms with van der Waals surface area (Å²) in [5, 5.41) is 4.94. The fourth-order valence-electron chi connectivity index (χ4n) is 8.15. The Morgan fingerprint density at radius 3 is 2.60 bits per heavy atom. The number of hydrogen-bond donors (Lipinski definition) is 3. The summed E-state index contributed by atoms with van der Waals surface area (Å²) in [5.41, 5.74) is -1.46. The SMILES string of the molecule is C=CC1C#CCC1(NC(=O)C1CC2CN1C(=O)C(C(C)(C)C)NC(=O)OC1(C)CC1CCCCCc1nc3ccc(OC)cc3nc1O2)C(=O)NS(=O)(=O)C1CC1. The molecule has 1 aromatic heterocycles. The highest BCUT2D eigenvalue weighted by Gasteiger charge is 2.55. The Bertz CT molecular complexity index is 2160. The van der Waals surface area contributed by atoms with Crippen molar-refractivity contribution in [3.05, 3.63) is 36.5 Å². The molecule has 3 aliphatic carbocycles. The second kappa shape index (κ2) is 15.1. The lowest BCUT2D eigenvalue weighted by atomic mass is 9.84. The summed E-state index contributed by atoms with van der Waals surface area (Å²) in [5.74, 6) is 3.64. The number of ether oxygens (including phenoxy) is 3. The Labute approximate surface area is 333 Å². The predicted molar refractivity (Wildman–Crippen MR) is 209 cm³/mol. The first-order valence-electron chi connectivity index (χ1n) is 19.8. The molecule has 57 heavy (non-hydrogen) atoms. The average molecular weight is 805 g/mol. The van der Waals surface area contributed by atoms with Gasteiger partial charge in [-0.1, -0.05) is 51.5 Å². The van der Waals surface area contributed by atoms with E-state index < -0.39 is 79.7 Å². The second-order valence-electron chi connectivity index (χ2n) is 17.3. The van der Waals surface area contributed by atoms with E-state index in [2.05, 4.69) is 33.8 Å². The molecule has 7 unspecified atom stereocenters. The van der Waals surface area contributed by atoms with Gasteiger partial charge in [-0.15, -0.1) is 6.58 Å². The molecule has 2 bridgehead atoms. The van der Waals surface area contributed by atoms with Crippen molar-refractivity contribution in [2.45, 2.75) is 126 Å². The third-order valence-corrected chi connectivity index (χ3v) is 13.7. The monoisotopic (exact) mass is 804 g/mol. The van der Waals surface area contributed by atoms with Gasteiger partial charge in [0, 0.05) is 24.8 Å². The first-order valence-corrected chi connectivity index (χ1v) is 21.3. The Balaban J connectivity index is 1.25. The molecule has 3 heterocycles. The van der Waals surface area contributed by atoms with Gasteiger partial charge in [0.25, 0.3) is 5.91 Å². The van der Waals surface area contributed by atoms with Crippen LogP contribution in [0.25, 0.3) is 11.0 Å². The molecule has 15 nitrogen and oxygen atoms in total. The molecular weight excluding hydrogens is 753 g/mol. The fourth-order valence-corrected chi connectivity index (χ4v) is 9.51.